The van der Waals surface area contributed by atoms with Gasteiger partial charge in [0.25, 0.3) is 0 Å². The van der Waals surface area contributed by atoms with Crippen LogP contribution >= 0.6 is 15.9 Å². The quantitative estimate of drug-likeness (QED) is 0.872. The van der Waals surface area contributed by atoms with Gasteiger partial charge in [-0.05, 0) is 51.7 Å². The molecule has 0 radical (unpaired) electrons. The Bertz CT molecular complexity index is 615. The van der Waals surface area contributed by atoms with Gasteiger partial charge in [-0.2, -0.15) is 0 Å². The third kappa shape index (κ3) is 2.38. The molecular formula is C15H14BrFN2. The largest absolute Gasteiger partial charge is 0.377 e. The number of rotatable bonds is 2. The Morgan fingerprint density at radius 3 is 2.63 bits per heavy atom. The van der Waals surface area contributed by atoms with E-state index in [1.807, 2.05) is 12.1 Å². The van der Waals surface area contributed by atoms with Gasteiger partial charge in [0, 0.05) is 16.2 Å². The summed E-state index contributed by atoms with van der Waals surface area (Å²) >= 11 is 3.38. The first kappa shape index (κ1) is 12.6. The first-order valence-corrected chi connectivity index (χ1v) is 7.00. The molecule has 0 spiro atoms. The molecule has 2 aromatic carbocycles. The molecule has 0 fully saturated rings. The second-order valence-corrected chi connectivity index (χ2v) is 5.65. The first-order chi connectivity index (χ1) is 9.15. The van der Waals surface area contributed by atoms with Crippen molar-refractivity contribution in [2.24, 2.45) is 5.73 Å². The van der Waals surface area contributed by atoms with E-state index >= 15 is 0 Å². The molecular weight excluding hydrogens is 307 g/mol. The molecule has 3 N–H and O–H groups in total. The second-order valence-electron chi connectivity index (χ2n) is 4.79. The number of hydrogen-bond donors (Lipinski definition) is 2. The molecule has 4 heteroatoms. The summed E-state index contributed by atoms with van der Waals surface area (Å²) < 4.78 is 13.8. The van der Waals surface area contributed by atoms with Crippen LogP contribution in [-0.4, -0.2) is 0 Å². The van der Waals surface area contributed by atoms with Crippen LogP contribution in [0.4, 0.5) is 10.1 Å². The summed E-state index contributed by atoms with van der Waals surface area (Å²) in [7, 11) is 0. The lowest BCUT2D eigenvalue weighted by molar-refractivity contribution is 0.625. The predicted molar refractivity (Wildman–Crippen MR) is 78.5 cm³/mol. The van der Waals surface area contributed by atoms with Crippen molar-refractivity contribution in [2.45, 2.75) is 18.5 Å². The first-order valence-electron chi connectivity index (χ1n) is 6.21. The maximum Gasteiger partial charge on any atom is 0.124 e. The molecule has 2 nitrogen and oxygen atoms in total. The molecule has 0 bridgehead atoms. The van der Waals surface area contributed by atoms with Crippen LogP contribution in [0.5, 0.6) is 0 Å². The Balaban J connectivity index is 1.89. The number of halogens is 2. The number of benzene rings is 2. The standard InChI is InChI=1S/C15H14BrFN2/c16-12-7-9(17)5-6-14(12)19-15-8-13(18)10-3-1-2-4-11(10)15/h1-7,13,15,19H,8,18H2. The van der Waals surface area contributed by atoms with Gasteiger partial charge in [-0.3, -0.25) is 0 Å². The zero-order valence-corrected chi connectivity index (χ0v) is 11.8. The highest BCUT2D eigenvalue weighted by Crippen LogP contribution is 2.40. The molecule has 0 aromatic heterocycles. The van der Waals surface area contributed by atoms with E-state index in [0.29, 0.717) is 0 Å². The Kier molecular flexibility index (Phi) is 3.29. The van der Waals surface area contributed by atoms with Crippen LogP contribution in [0.3, 0.4) is 0 Å². The topological polar surface area (TPSA) is 38.0 Å². The highest BCUT2D eigenvalue weighted by molar-refractivity contribution is 9.10. The van der Waals surface area contributed by atoms with Gasteiger partial charge in [0.15, 0.2) is 0 Å². The van der Waals surface area contributed by atoms with Crippen LogP contribution in [0.15, 0.2) is 46.9 Å². The fourth-order valence-electron chi connectivity index (χ4n) is 2.60. The predicted octanol–water partition coefficient (Wildman–Crippen LogP) is 4.14. The molecule has 3 rings (SSSR count). The van der Waals surface area contributed by atoms with Crippen molar-refractivity contribution < 1.29 is 4.39 Å². The monoisotopic (exact) mass is 320 g/mol. The lowest BCUT2D eigenvalue weighted by atomic mass is 10.1. The summed E-state index contributed by atoms with van der Waals surface area (Å²) in [6, 6.07) is 13.1. The number of nitrogens with one attached hydrogen (secondary N) is 1. The Hall–Kier alpha value is -1.39. The summed E-state index contributed by atoms with van der Waals surface area (Å²) in [6.45, 7) is 0. The molecule has 98 valence electrons. The van der Waals surface area contributed by atoms with Crippen LogP contribution in [0.25, 0.3) is 0 Å². The summed E-state index contributed by atoms with van der Waals surface area (Å²) in [5, 5.41) is 3.43. The van der Waals surface area contributed by atoms with Crippen molar-refractivity contribution in [3.05, 3.63) is 63.9 Å². The van der Waals surface area contributed by atoms with Crippen LogP contribution in [0, 0.1) is 5.82 Å². The molecule has 2 unspecified atom stereocenters. The van der Waals surface area contributed by atoms with Gasteiger partial charge < -0.3 is 11.1 Å². The Labute approximate surface area is 120 Å². The van der Waals surface area contributed by atoms with Gasteiger partial charge in [-0.25, -0.2) is 4.39 Å². The number of hydrogen-bond acceptors (Lipinski definition) is 2. The minimum absolute atomic E-state index is 0.0629. The van der Waals surface area contributed by atoms with Gasteiger partial charge in [-0.1, -0.05) is 24.3 Å². The van der Waals surface area contributed by atoms with E-state index in [4.69, 9.17) is 5.73 Å². The van der Waals surface area contributed by atoms with E-state index < -0.39 is 0 Å². The maximum absolute atomic E-state index is 13.1. The van der Waals surface area contributed by atoms with Crippen molar-refractivity contribution in [2.75, 3.05) is 5.32 Å². The average Bonchev–Trinajstić information content (AvgIpc) is 2.71. The molecule has 0 heterocycles. The number of nitrogens with two attached hydrogens (primary N) is 1. The van der Waals surface area contributed by atoms with E-state index in [0.717, 1.165) is 16.6 Å². The fraction of sp³-hybridized carbons (Fsp3) is 0.200. The average molecular weight is 321 g/mol. The van der Waals surface area contributed by atoms with Gasteiger partial charge >= 0.3 is 0 Å². The molecule has 19 heavy (non-hydrogen) atoms. The molecule has 0 saturated heterocycles. The zero-order chi connectivity index (χ0) is 13.4. The molecule has 2 aromatic rings. The highest BCUT2D eigenvalue weighted by atomic mass is 79.9. The second kappa shape index (κ2) is 4.94. The molecule has 0 saturated carbocycles. The minimum Gasteiger partial charge on any atom is -0.377 e. The molecule has 2 atom stereocenters. The van der Waals surface area contributed by atoms with E-state index in [1.165, 1.54) is 23.3 Å². The van der Waals surface area contributed by atoms with Crippen LogP contribution in [-0.2, 0) is 0 Å². The van der Waals surface area contributed by atoms with Gasteiger partial charge in [-0.15, -0.1) is 0 Å². The van der Waals surface area contributed by atoms with Crippen LogP contribution < -0.4 is 11.1 Å². The van der Waals surface area contributed by atoms with E-state index in [-0.39, 0.29) is 17.9 Å². The number of anilines is 1. The lowest BCUT2D eigenvalue weighted by Crippen LogP contribution is -2.10. The zero-order valence-electron chi connectivity index (χ0n) is 10.2. The summed E-state index contributed by atoms with van der Waals surface area (Å²) in [5.41, 5.74) is 9.45. The summed E-state index contributed by atoms with van der Waals surface area (Å²) in [6.07, 6.45) is 0.850. The van der Waals surface area contributed by atoms with Crippen LogP contribution in [0.2, 0.25) is 0 Å². The summed E-state index contributed by atoms with van der Waals surface area (Å²) in [5.74, 6) is -0.249. The highest BCUT2D eigenvalue weighted by Gasteiger charge is 2.28. The molecule has 0 aliphatic heterocycles. The number of fused-ring (bicyclic) bond motifs is 1. The molecule has 1 aliphatic carbocycles. The lowest BCUT2D eigenvalue weighted by Gasteiger charge is -2.16. The van der Waals surface area contributed by atoms with E-state index in [9.17, 15) is 4.39 Å². The Morgan fingerprint density at radius 2 is 1.89 bits per heavy atom. The molecule has 0 amide bonds. The van der Waals surface area contributed by atoms with Crippen molar-refractivity contribution >= 4 is 21.6 Å². The minimum atomic E-state index is -0.249. The van der Waals surface area contributed by atoms with Crippen molar-refractivity contribution in [3.63, 3.8) is 0 Å². The van der Waals surface area contributed by atoms with Gasteiger partial charge in [0.1, 0.15) is 5.82 Å². The summed E-state index contributed by atoms with van der Waals surface area (Å²) in [4.78, 5) is 0. The van der Waals surface area contributed by atoms with Crippen molar-refractivity contribution in [3.8, 4) is 0 Å². The molecule has 1 aliphatic rings. The van der Waals surface area contributed by atoms with Gasteiger partial charge in [0.05, 0.1) is 6.04 Å². The van der Waals surface area contributed by atoms with Crippen LogP contribution in [0.1, 0.15) is 29.6 Å². The normalized spacial score (nSPS) is 21.2. The van der Waals surface area contributed by atoms with E-state index in [2.05, 4.69) is 33.4 Å². The fourth-order valence-corrected chi connectivity index (χ4v) is 3.07. The Morgan fingerprint density at radius 1 is 1.16 bits per heavy atom. The van der Waals surface area contributed by atoms with Crippen molar-refractivity contribution in [1.29, 1.82) is 0 Å². The smallest absolute Gasteiger partial charge is 0.124 e. The van der Waals surface area contributed by atoms with Crippen molar-refractivity contribution in [1.82, 2.24) is 0 Å². The van der Waals surface area contributed by atoms with E-state index in [1.54, 1.807) is 6.07 Å². The van der Waals surface area contributed by atoms with Gasteiger partial charge in [0.2, 0.25) is 0 Å². The maximum atomic E-state index is 13.1. The third-order valence-corrected chi connectivity index (χ3v) is 4.18. The SMILES string of the molecule is NC1CC(Nc2ccc(F)cc2Br)c2ccccc21. The third-order valence-electron chi connectivity index (χ3n) is 3.52.